The number of hydrogen-bond acceptors (Lipinski definition) is 3. The van der Waals surface area contributed by atoms with Crippen LogP contribution in [0.3, 0.4) is 0 Å². The predicted molar refractivity (Wildman–Crippen MR) is 94.4 cm³/mol. The molecule has 1 heterocycles. The molecule has 0 saturated heterocycles. The Bertz CT molecular complexity index is 515. The van der Waals surface area contributed by atoms with E-state index in [0.717, 1.165) is 50.5 Å². The maximum atomic E-state index is 4.79. The maximum Gasteiger partial charge on any atom is 0.0600 e. The summed E-state index contributed by atoms with van der Waals surface area (Å²) in [5.74, 6) is 0. The third-order valence-corrected chi connectivity index (χ3v) is 3.58. The minimum Gasteiger partial charge on any atom is -0.372 e. The minimum absolute atomic E-state index is 0.813. The molecule has 0 amide bonds. The van der Waals surface area contributed by atoms with Crippen molar-refractivity contribution in [3.63, 3.8) is 0 Å². The summed E-state index contributed by atoms with van der Waals surface area (Å²) < 4.78 is 0. The van der Waals surface area contributed by atoms with Crippen LogP contribution in [-0.2, 0) is 13.1 Å². The van der Waals surface area contributed by atoms with E-state index in [1.54, 1.807) is 0 Å². The maximum absolute atomic E-state index is 4.79. The van der Waals surface area contributed by atoms with E-state index in [1.807, 2.05) is 6.20 Å². The van der Waals surface area contributed by atoms with Crippen LogP contribution in [0.5, 0.6) is 0 Å². The Hall–Kier alpha value is -1.83. The van der Waals surface area contributed by atoms with Crippen LogP contribution in [0.4, 0.5) is 0 Å². The molecule has 3 heteroatoms. The molecule has 0 aliphatic rings. The molecule has 120 valence electrons. The van der Waals surface area contributed by atoms with Crippen LogP contribution >= 0.6 is 0 Å². The van der Waals surface area contributed by atoms with E-state index >= 15 is 0 Å². The van der Waals surface area contributed by atoms with Gasteiger partial charge in [-0.1, -0.05) is 26.1 Å². The first kappa shape index (κ1) is 18.2. The molecule has 0 bridgehead atoms. The fraction of sp³-hybridized carbons (Fsp3) is 0.474. The average Bonchev–Trinajstić information content (AvgIpc) is 2.53. The van der Waals surface area contributed by atoms with E-state index in [-0.39, 0.29) is 0 Å². The first-order chi connectivity index (χ1) is 10.6. The van der Waals surface area contributed by atoms with Gasteiger partial charge in [0.1, 0.15) is 0 Å². The quantitative estimate of drug-likeness (QED) is 0.609. The highest BCUT2D eigenvalue weighted by atomic mass is 15.1. The molecule has 1 aromatic rings. The molecule has 0 N–H and O–H groups in total. The van der Waals surface area contributed by atoms with Gasteiger partial charge < -0.3 is 4.90 Å². The number of nitrogens with zero attached hydrogens (tertiary/aromatic N) is 3. The molecule has 0 aromatic carbocycles. The van der Waals surface area contributed by atoms with Gasteiger partial charge in [-0.15, -0.1) is 5.73 Å². The van der Waals surface area contributed by atoms with E-state index in [4.69, 9.17) is 4.98 Å². The van der Waals surface area contributed by atoms with Gasteiger partial charge in [0.05, 0.1) is 17.9 Å². The lowest BCUT2D eigenvalue weighted by Gasteiger charge is -2.22. The molecule has 0 aliphatic heterocycles. The summed E-state index contributed by atoms with van der Waals surface area (Å²) in [7, 11) is 0. The Morgan fingerprint density at radius 2 is 1.95 bits per heavy atom. The largest absolute Gasteiger partial charge is 0.372 e. The Balaban J connectivity index is 2.77. The van der Waals surface area contributed by atoms with Crippen LogP contribution in [0.2, 0.25) is 0 Å². The lowest BCUT2D eigenvalue weighted by molar-refractivity contribution is 0.284. The molecule has 0 saturated carbocycles. The van der Waals surface area contributed by atoms with Crippen molar-refractivity contribution >= 4 is 0 Å². The van der Waals surface area contributed by atoms with Crippen molar-refractivity contribution in [1.82, 2.24) is 14.8 Å². The van der Waals surface area contributed by atoms with Gasteiger partial charge in [0.2, 0.25) is 0 Å². The molecule has 1 rings (SSSR count). The predicted octanol–water partition coefficient (Wildman–Crippen LogP) is 3.99. The lowest BCUT2D eigenvalue weighted by atomic mass is 10.2. The van der Waals surface area contributed by atoms with Gasteiger partial charge >= 0.3 is 0 Å². The van der Waals surface area contributed by atoms with E-state index < -0.39 is 0 Å². The minimum atomic E-state index is 0.813. The molecule has 0 unspecified atom stereocenters. The summed E-state index contributed by atoms with van der Waals surface area (Å²) in [4.78, 5) is 9.33. The Kier molecular flexibility index (Phi) is 8.27. The normalized spacial score (nSPS) is 10.4. The van der Waals surface area contributed by atoms with Crippen molar-refractivity contribution in [3.05, 3.63) is 60.2 Å². The SMILES string of the molecule is C=C=C(C)CN(CCC)Cc1cccc(CN(C=C)CC)n1. The molecule has 0 atom stereocenters. The van der Waals surface area contributed by atoms with E-state index in [9.17, 15) is 0 Å². The highest BCUT2D eigenvalue weighted by molar-refractivity contribution is 5.12. The lowest BCUT2D eigenvalue weighted by Crippen LogP contribution is -2.26. The molecule has 22 heavy (non-hydrogen) atoms. The molecule has 0 fully saturated rings. The van der Waals surface area contributed by atoms with Crippen LogP contribution in [-0.4, -0.2) is 34.4 Å². The van der Waals surface area contributed by atoms with Crippen LogP contribution in [0.25, 0.3) is 0 Å². The molecule has 1 aromatic heterocycles. The molecule has 0 spiro atoms. The van der Waals surface area contributed by atoms with Crippen molar-refractivity contribution in [2.24, 2.45) is 0 Å². The third kappa shape index (κ3) is 6.30. The highest BCUT2D eigenvalue weighted by Gasteiger charge is 2.08. The Morgan fingerprint density at radius 3 is 2.50 bits per heavy atom. The first-order valence-electron chi connectivity index (χ1n) is 8.02. The van der Waals surface area contributed by atoms with Gasteiger partial charge in [-0.05, 0) is 50.7 Å². The molecule has 0 radical (unpaired) electrons. The summed E-state index contributed by atoms with van der Waals surface area (Å²) in [5, 5.41) is 0. The van der Waals surface area contributed by atoms with Crippen molar-refractivity contribution in [3.8, 4) is 0 Å². The number of pyridine rings is 1. The second-order valence-electron chi connectivity index (χ2n) is 5.53. The first-order valence-corrected chi connectivity index (χ1v) is 8.02. The van der Waals surface area contributed by atoms with Gasteiger partial charge in [-0.25, -0.2) is 0 Å². The summed E-state index contributed by atoms with van der Waals surface area (Å²) >= 11 is 0. The standard InChI is InChI=1S/C19H29N3/c1-6-13-22(14-17(5)7-2)16-19-12-10-11-18(20-19)15-21(8-3)9-4/h8,10-12H,2-3,6,9,13-16H2,1,4-5H3. The second kappa shape index (κ2) is 9.99. The summed E-state index contributed by atoms with van der Waals surface area (Å²) in [5.41, 5.74) is 6.36. The van der Waals surface area contributed by atoms with E-state index in [2.05, 4.69) is 67.7 Å². The van der Waals surface area contributed by atoms with Crippen molar-refractivity contribution in [2.75, 3.05) is 19.6 Å². The van der Waals surface area contributed by atoms with E-state index in [1.165, 1.54) is 5.57 Å². The Labute approximate surface area is 135 Å². The average molecular weight is 299 g/mol. The zero-order chi connectivity index (χ0) is 16.4. The summed E-state index contributed by atoms with van der Waals surface area (Å²) in [6.07, 6.45) is 3.00. The third-order valence-electron chi connectivity index (χ3n) is 3.58. The molecule has 3 nitrogen and oxygen atoms in total. The highest BCUT2D eigenvalue weighted by Crippen LogP contribution is 2.08. The van der Waals surface area contributed by atoms with Crippen LogP contribution in [0, 0.1) is 0 Å². The zero-order valence-corrected chi connectivity index (χ0v) is 14.3. The van der Waals surface area contributed by atoms with Gasteiger partial charge in [0, 0.05) is 19.6 Å². The number of rotatable bonds is 10. The van der Waals surface area contributed by atoms with Gasteiger partial charge in [-0.2, -0.15) is 0 Å². The number of aromatic nitrogens is 1. The fourth-order valence-corrected chi connectivity index (χ4v) is 2.37. The summed E-state index contributed by atoms with van der Waals surface area (Å²) in [6.45, 7) is 18.5. The van der Waals surface area contributed by atoms with E-state index in [0.29, 0.717) is 0 Å². The molecular weight excluding hydrogens is 270 g/mol. The van der Waals surface area contributed by atoms with Crippen molar-refractivity contribution in [1.29, 1.82) is 0 Å². The monoisotopic (exact) mass is 299 g/mol. The van der Waals surface area contributed by atoms with Gasteiger partial charge in [-0.3, -0.25) is 9.88 Å². The smallest absolute Gasteiger partial charge is 0.0600 e. The van der Waals surface area contributed by atoms with Crippen LogP contribution < -0.4 is 0 Å². The second-order valence-corrected chi connectivity index (χ2v) is 5.53. The Morgan fingerprint density at radius 1 is 1.27 bits per heavy atom. The topological polar surface area (TPSA) is 19.4 Å². The summed E-state index contributed by atoms with van der Waals surface area (Å²) in [6, 6.07) is 6.27. The fourth-order valence-electron chi connectivity index (χ4n) is 2.37. The van der Waals surface area contributed by atoms with Gasteiger partial charge in [0.25, 0.3) is 0 Å². The zero-order valence-electron chi connectivity index (χ0n) is 14.3. The van der Waals surface area contributed by atoms with Crippen molar-refractivity contribution < 1.29 is 0 Å². The van der Waals surface area contributed by atoms with Crippen molar-refractivity contribution in [2.45, 2.75) is 40.3 Å². The molecular formula is C19H29N3. The van der Waals surface area contributed by atoms with Crippen LogP contribution in [0.15, 0.2) is 48.9 Å². The van der Waals surface area contributed by atoms with Gasteiger partial charge in [0.15, 0.2) is 0 Å². The van der Waals surface area contributed by atoms with Crippen LogP contribution in [0.1, 0.15) is 38.6 Å². The number of hydrogen-bond donors (Lipinski definition) is 0. The molecule has 0 aliphatic carbocycles.